The fourth-order valence-electron chi connectivity index (χ4n) is 3.17. The maximum Gasteiger partial charge on any atom is 0.408 e. The lowest BCUT2D eigenvalue weighted by molar-refractivity contribution is 0.131. The molecule has 0 unspecified atom stereocenters. The molecule has 1 aliphatic rings. The summed E-state index contributed by atoms with van der Waals surface area (Å²) in [5, 5.41) is 2.79. The standard InChI is InChI=1S/C21H17FN2O3/c1-26-14-7-4-6-13(12-14)20-19(24-21(25)27-20)18-11-5-10-17(23-18)15-8-2-3-9-16(15)22/h2-12,19-20H,1H3,(H,24,25)/t19-,20-/m1/s1. The maximum absolute atomic E-state index is 14.1. The van der Waals surface area contributed by atoms with E-state index in [0.29, 0.717) is 22.7 Å². The number of alkyl carbamates (subject to hydrolysis) is 1. The van der Waals surface area contributed by atoms with Crippen LogP contribution >= 0.6 is 0 Å². The summed E-state index contributed by atoms with van der Waals surface area (Å²) in [5.41, 5.74) is 2.28. The van der Waals surface area contributed by atoms with E-state index in [1.165, 1.54) is 6.07 Å². The summed E-state index contributed by atoms with van der Waals surface area (Å²) >= 11 is 0. The number of ether oxygens (including phenoxy) is 2. The minimum atomic E-state index is -0.559. The third-order valence-corrected chi connectivity index (χ3v) is 4.47. The molecule has 5 nitrogen and oxygen atoms in total. The fraction of sp³-hybridized carbons (Fsp3) is 0.143. The molecule has 0 spiro atoms. The van der Waals surface area contributed by atoms with Crippen molar-refractivity contribution in [2.45, 2.75) is 12.1 Å². The third kappa shape index (κ3) is 3.33. The van der Waals surface area contributed by atoms with Crippen molar-refractivity contribution in [2.75, 3.05) is 7.11 Å². The summed E-state index contributed by atoms with van der Waals surface area (Å²) in [7, 11) is 1.58. The minimum absolute atomic E-state index is 0.349. The normalized spacial score (nSPS) is 18.7. The first-order valence-electron chi connectivity index (χ1n) is 8.48. The van der Waals surface area contributed by atoms with Crippen LogP contribution in [0.25, 0.3) is 11.3 Å². The van der Waals surface area contributed by atoms with Crippen LogP contribution in [0.4, 0.5) is 9.18 Å². The van der Waals surface area contributed by atoms with Gasteiger partial charge in [-0.25, -0.2) is 9.18 Å². The summed E-state index contributed by atoms with van der Waals surface area (Å²) in [6, 6.07) is 18.6. The number of methoxy groups -OCH3 is 1. The molecule has 1 saturated heterocycles. The maximum atomic E-state index is 14.1. The number of halogens is 1. The van der Waals surface area contributed by atoms with Gasteiger partial charge in [0.1, 0.15) is 17.6 Å². The van der Waals surface area contributed by atoms with Crippen molar-refractivity contribution in [3.63, 3.8) is 0 Å². The van der Waals surface area contributed by atoms with Crippen molar-refractivity contribution in [1.29, 1.82) is 0 Å². The Kier molecular flexibility index (Phi) is 4.46. The lowest BCUT2D eigenvalue weighted by atomic mass is 9.99. The Bertz CT molecular complexity index is 992. The summed E-state index contributed by atoms with van der Waals surface area (Å²) in [6.45, 7) is 0. The second-order valence-electron chi connectivity index (χ2n) is 6.15. The molecule has 2 atom stereocenters. The molecule has 0 saturated carbocycles. The smallest absolute Gasteiger partial charge is 0.408 e. The van der Waals surface area contributed by atoms with Gasteiger partial charge in [-0.2, -0.15) is 0 Å². The molecule has 4 rings (SSSR count). The highest BCUT2D eigenvalue weighted by Crippen LogP contribution is 2.37. The third-order valence-electron chi connectivity index (χ3n) is 4.47. The van der Waals surface area contributed by atoms with Crippen LogP contribution in [0.15, 0.2) is 66.7 Å². The van der Waals surface area contributed by atoms with Crippen LogP contribution in [-0.4, -0.2) is 18.2 Å². The van der Waals surface area contributed by atoms with Crippen molar-refractivity contribution in [1.82, 2.24) is 10.3 Å². The number of hydrogen-bond acceptors (Lipinski definition) is 4. The molecule has 6 heteroatoms. The number of hydrogen-bond donors (Lipinski definition) is 1. The van der Waals surface area contributed by atoms with Crippen molar-refractivity contribution in [3.05, 3.63) is 83.8 Å². The van der Waals surface area contributed by atoms with Gasteiger partial charge in [-0.05, 0) is 42.0 Å². The van der Waals surface area contributed by atoms with E-state index < -0.39 is 18.2 Å². The van der Waals surface area contributed by atoms with Gasteiger partial charge in [-0.3, -0.25) is 4.98 Å². The van der Waals surface area contributed by atoms with E-state index >= 15 is 0 Å². The molecule has 0 radical (unpaired) electrons. The molecule has 1 N–H and O–H groups in total. The molecule has 2 heterocycles. The number of carbonyl (C=O) groups excluding carboxylic acids is 1. The number of cyclic esters (lactones) is 1. The monoisotopic (exact) mass is 364 g/mol. The van der Waals surface area contributed by atoms with Gasteiger partial charge >= 0.3 is 6.09 Å². The Morgan fingerprint density at radius 2 is 1.89 bits per heavy atom. The Labute approximate surface area is 155 Å². The molecular formula is C21H17FN2O3. The molecule has 1 fully saturated rings. The highest BCUT2D eigenvalue weighted by Gasteiger charge is 2.37. The van der Waals surface area contributed by atoms with E-state index in [-0.39, 0.29) is 5.82 Å². The van der Waals surface area contributed by atoms with Crippen molar-refractivity contribution in [3.8, 4) is 17.0 Å². The van der Waals surface area contributed by atoms with Crippen LogP contribution in [-0.2, 0) is 4.74 Å². The average Bonchev–Trinajstić information content (AvgIpc) is 3.10. The average molecular weight is 364 g/mol. The zero-order valence-corrected chi connectivity index (χ0v) is 14.6. The van der Waals surface area contributed by atoms with Crippen molar-refractivity contribution >= 4 is 6.09 Å². The number of pyridine rings is 1. The second kappa shape index (κ2) is 7.07. The summed E-state index contributed by atoms with van der Waals surface area (Å²) < 4.78 is 24.8. The van der Waals surface area contributed by atoms with E-state index in [0.717, 1.165) is 5.56 Å². The number of rotatable bonds is 4. The van der Waals surface area contributed by atoms with E-state index in [1.54, 1.807) is 43.5 Å². The number of amides is 1. The molecule has 27 heavy (non-hydrogen) atoms. The Morgan fingerprint density at radius 1 is 1.07 bits per heavy atom. The zero-order chi connectivity index (χ0) is 18.8. The molecule has 1 aromatic heterocycles. The number of nitrogens with one attached hydrogen (secondary N) is 1. The summed E-state index contributed by atoms with van der Waals surface area (Å²) in [6.07, 6.45) is -1.08. The SMILES string of the molecule is COc1cccc([C@H]2OC(=O)N[C@@H]2c2cccc(-c3ccccc3F)n2)c1. The second-order valence-corrected chi connectivity index (χ2v) is 6.15. The molecule has 1 amide bonds. The van der Waals surface area contributed by atoms with E-state index in [2.05, 4.69) is 10.3 Å². The largest absolute Gasteiger partial charge is 0.497 e. The van der Waals surface area contributed by atoms with Crippen LogP contribution in [0, 0.1) is 5.82 Å². The van der Waals surface area contributed by atoms with Crippen molar-refractivity contribution < 1.29 is 18.7 Å². The Morgan fingerprint density at radius 3 is 2.70 bits per heavy atom. The first kappa shape index (κ1) is 17.0. The fourth-order valence-corrected chi connectivity index (χ4v) is 3.17. The van der Waals surface area contributed by atoms with Gasteiger partial charge in [0, 0.05) is 5.56 Å². The first-order valence-corrected chi connectivity index (χ1v) is 8.48. The minimum Gasteiger partial charge on any atom is -0.497 e. The van der Waals surface area contributed by atoms with Crippen LogP contribution < -0.4 is 10.1 Å². The molecule has 3 aromatic rings. The Hall–Kier alpha value is -3.41. The predicted octanol–water partition coefficient (Wildman–Crippen LogP) is 4.42. The van der Waals surface area contributed by atoms with Crippen LogP contribution in [0.3, 0.4) is 0 Å². The van der Waals surface area contributed by atoms with E-state index in [4.69, 9.17) is 9.47 Å². The lowest BCUT2D eigenvalue weighted by Gasteiger charge is -2.18. The van der Waals surface area contributed by atoms with Gasteiger partial charge in [-0.1, -0.05) is 30.3 Å². The highest BCUT2D eigenvalue weighted by molar-refractivity contribution is 5.71. The Balaban J connectivity index is 1.72. The highest BCUT2D eigenvalue weighted by atomic mass is 19.1. The van der Waals surface area contributed by atoms with Crippen molar-refractivity contribution in [2.24, 2.45) is 0 Å². The summed E-state index contributed by atoms with van der Waals surface area (Å²) in [5.74, 6) is 0.320. The van der Waals surface area contributed by atoms with Gasteiger partial charge in [-0.15, -0.1) is 0 Å². The van der Waals surface area contributed by atoms with Gasteiger partial charge in [0.25, 0.3) is 0 Å². The zero-order valence-electron chi connectivity index (χ0n) is 14.6. The lowest BCUT2D eigenvalue weighted by Crippen LogP contribution is -2.20. The van der Waals surface area contributed by atoms with Crippen LogP contribution in [0.5, 0.6) is 5.75 Å². The molecule has 1 aliphatic heterocycles. The molecule has 0 aliphatic carbocycles. The first-order chi connectivity index (χ1) is 13.2. The van der Waals surface area contributed by atoms with Crippen LogP contribution in [0.2, 0.25) is 0 Å². The quantitative estimate of drug-likeness (QED) is 0.745. The summed E-state index contributed by atoms with van der Waals surface area (Å²) in [4.78, 5) is 16.5. The molecule has 2 aromatic carbocycles. The number of nitrogens with zero attached hydrogens (tertiary/aromatic N) is 1. The predicted molar refractivity (Wildman–Crippen MR) is 97.7 cm³/mol. The van der Waals surface area contributed by atoms with E-state index in [9.17, 15) is 9.18 Å². The van der Waals surface area contributed by atoms with E-state index in [1.807, 2.05) is 24.3 Å². The molecule has 136 valence electrons. The van der Waals surface area contributed by atoms with Crippen LogP contribution in [0.1, 0.15) is 23.4 Å². The topological polar surface area (TPSA) is 60.5 Å². The van der Waals surface area contributed by atoms with Gasteiger partial charge in [0.2, 0.25) is 0 Å². The van der Waals surface area contributed by atoms with Gasteiger partial charge < -0.3 is 14.8 Å². The molecule has 0 bridgehead atoms. The van der Waals surface area contributed by atoms with Gasteiger partial charge in [0.15, 0.2) is 6.10 Å². The van der Waals surface area contributed by atoms with Gasteiger partial charge in [0.05, 0.1) is 18.5 Å². The molecular weight excluding hydrogens is 347 g/mol. The number of carbonyl (C=O) groups is 1. The number of benzene rings is 2. The number of aromatic nitrogens is 1.